The predicted molar refractivity (Wildman–Crippen MR) is 131 cm³/mol. The largest absolute Gasteiger partial charge is 0.507 e. The van der Waals surface area contributed by atoms with Gasteiger partial charge >= 0.3 is 5.97 Å². The quantitative estimate of drug-likeness (QED) is 0.244. The van der Waals surface area contributed by atoms with E-state index in [1.54, 1.807) is 45.2 Å². The lowest BCUT2D eigenvalue weighted by atomic mass is 9.94. The Balaban J connectivity index is 2.17. The first kappa shape index (κ1) is 26.0. The maximum Gasteiger partial charge on any atom is 0.354 e. The van der Waals surface area contributed by atoms with Crippen LogP contribution in [0.15, 0.2) is 29.8 Å². The number of aliphatic hydroxyl groups is 1. The molecule has 2 aromatic rings. The third-order valence-corrected chi connectivity index (χ3v) is 6.59. The molecule has 1 atom stereocenters. The van der Waals surface area contributed by atoms with Crippen molar-refractivity contribution in [3.05, 3.63) is 57.9 Å². The Morgan fingerprint density at radius 1 is 1.11 bits per heavy atom. The summed E-state index contributed by atoms with van der Waals surface area (Å²) in [6.07, 6.45) is 0. The number of aliphatic hydroxyl groups excluding tert-OH is 1. The van der Waals surface area contributed by atoms with E-state index >= 15 is 0 Å². The topological polar surface area (TPSA) is 112 Å². The molecule has 0 bridgehead atoms. The number of esters is 1. The van der Waals surface area contributed by atoms with Gasteiger partial charge in [0, 0.05) is 24.3 Å². The van der Waals surface area contributed by atoms with Gasteiger partial charge in [-0.15, -0.1) is 0 Å². The molecule has 3 rings (SSSR count). The van der Waals surface area contributed by atoms with Crippen LogP contribution in [0.4, 0.5) is 0 Å². The molecule has 1 aliphatic rings. The lowest BCUT2D eigenvalue weighted by Gasteiger charge is -2.28. The molecule has 35 heavy (non-hydrogen) atoms. The second kappa shape index (κ2) is 10.8. The highest BCUT2D eigenvalue weighted by atomic mass is 16.5. The number of carbonyl (C=O) groups excluding carboxylic acids is 3. The van der Waals surface area contributed by atoms with Crippen LogP contribution in [0.3, 0.4) is 0 Å². The Bertz CT molecular complexity index is 1140. The van der Waals surface area contributed by atoms with Crippen molar-refractivity contribution in [3.63, 3.8) is 0 Å². The van der Waals surface area contributed by atoms with E-state index in [1.807, 2.05) is 13.8 Å². The Kier molecular flexibility index (Phi) is 8.01. The van der Waals surface area contributed by atoms with E-state index in [0.29, 0.717) is 41.2 Å². The number of nitrogens with one attached hydrogen (secondary N) is 1. The van der Waals surface area contributed by atoms with Crippen molar-refractivity contribution in [1.82, 2.24) is 14.8 Å². The van der Waals surface area contributed by atoms with Gasteiger partial charge in [0.05, 0.1) is 25.8 Å². The molecule has 1 unspecified atom stereocenters. The number of rotatable bonds is 9. The molecular weight excluding hydrogens is 450 g/mol. The Morgan fingerprint density at radius 3 is 2.29 bits per heavy atom. The molecular formula is C26H33N3O6. The SMILES string of the molecule is CCN(CC)CCN1C(=O)C(=O)C(=C(O)c2c(C)[nH]c(C(=O)OC)c2C)C1c1ccc(OC)cc1. The molecule has 0 radical (unpaired) electrons. The number of amides is 1. The highest BCUT2D eigenvalue weighted by Gasteiger charge is 2.46. The number of hydrogen-bond acceptors (Lipinski definition) is 7. The number of aromatic amines is 1. The maximum absolute atomic E-state index is 13.3. The zero-order valence-electron chi connectivity index (χ0n) is 21.1. The van der Waals surface area contributed by atoms with Crippen molar-refractivity contribution in [2.45, 2.75) is 33.7 Å². The molecule has 0 spiro atoms. The van der Waals surface area contributed by atoms with E-state index in [0.717, 1.165) is 13.1 Å². The van der Waals surface area contributed by atoms with Crippen LogP contribution < -0.4 is 4.74 Å². The van der Waals surface area contributed by atoms with Crippen LogP contribution in [0.25, 0.3) is 5.76 Å². The third-order valence-electron chi connectivity index (χ3n) is 6.59. The molecule has 1 fully saturated rings. The Morgan fingerprint density at radius 2 is 1.74 bits per heavy atom. The first-order valence-corrected chi connectivity index (χ1v) is 11.6. The average Bonchev–Trinajstić information content (AvgIpc) is 3.30. The number of likely N-dealkylation sites (N-methyl/N-ethyl adjacent to an activating group) is 1. The second-order valence-corrected chi connectivity index (χ2v) is 8.41. The van der Waals surface area contributed by atoms with Gasteiger partial charge in [0.2, 0.25) is 0 Å². The van der Waals surface area contributed by atoms with E-state index in [4.69, 9.17) is 9.47 Å². The van der Waals surface area contributed by atoms with E-state index in [-0.39, 0.29) is 17.0 Å². The Hall–Kier alpha value is -3.59. The summed E-state index contributed by atoms with van der Waals surface area (Å²) >= 11 is 0. The molecule has 9 nitrogen and oxygen atoms in total. The van der Waals surface area contributed by atoms with Crippen LogP contribution in [-0.4, -0.2) is 77.9 Å². The third kappa shape index (κ3) is 4.81. The number of methoxy groups -OCH3 is 2. The summed E-state index contributed by atoms with van der Waals surface area (Å²) in [6.45, 7) is 9.94. The van der Waals surface area contributed by atoms with E-state index in [2.05, 4.69) is 9.88 Å². The van der Waals surface area contributed by atoms with Crippen molar-refractivity contribution in [2.75, 3.05) is 40.4 Å². The number of likely N-dealkylation sites (tertiary alicyclic amines) is 1. The number of carbonyl (C=O) groups is 3. The summed E-state index contributed by atoms with van der Waals surface area (Å²) in [5.74, 6) is -1.71. The fourth-order valence-electron chi connectivity index (χ4n) is 4.58. The van der Waals surface area contributed by atoms with Gasteiger partial charge in [0.15, 0.2) is 0 Å². The lowest BCUT2D eigenvalue weighted by molar-refractivity contribution is -0.140. The van der Waals surface area contributed by atoms with Gasteiger partial charge in [-0.25, -0.2) is 4.79 Å². The van der Waals surface area contributed by atoms with Gasteiger partial charge in [0.25, 0.3) is 11.7 Å². The first-order valence-electron chi connectivity index (χ1n) is 11.6. The zero-order valence-corrected chi connectivity index (χ0v) is 21.1. The van der Waals surface area contributed by atoms with Gasteiger partial charge in [-0.2, -0.15) is 0 Å². The summed E-state index contributed by atoms with van der Waals surface area (Å²) in [7, 11) is 2.82. The lowest BCUT2D eigenvalue weighted by Crippen LogP contribution is -2.38. The molecule has 0 aliphatic carbocycles. The van der Waals surface area contributed by atoms with Crippen LogP contribution in [0.2, 0.25) is 0 Å². The van der Waals surface area contributed by atoms with Crippen LogP contribution in [0.1, 0.15) is 52.8 Å². The average molecular weight is 484 g/mol. The van der Waals surface area contributed by atoms with E-state index in [1.165, 1.54) is 12.0 Å². The van der Waals surface area contributed by atoms with Crippen molar-refractivity contribution in [3.8, 4) is 5.75 Å². The van der Waals surface area contributed by atoms with Gasteiger partial charge < -0.3 is 29.4 Å². The van der Waals surface area contributed by atoms with E-state index < -0.39 is 23.7 Å². The van der Waals surface area contributed by atoms with Crippen LogP contribution >= 0.6 is 0 Å². The number of ether oxygens (including phenoxy) is 2. The van der Waals surface area contributed by atoms with Crippen molar-refractivity contribution in [1.29, 1.82) is 0 Å². The minimum absolute atomic E-state index is 0.0127. The van der Waals surface area contributed by atoms with Crippen LogP contribution in [0.5, 0.6) is 5.75 Å². The van der Waals surface area contributed by atoms with Gasteiger partial charge in [-0.3, -0.25) is 9.59 Å². The zero-order chi connectivity index (χ0) is 25.9. The summed E-state index contributed by atoms with van der Waals surface area (Å²) in [4.78, 5) is 45.2. The van der Waals surface area contributed by atoms with Crippen molar-refractivity contribution >= 4 is 23.4 Å². The standard InChI is InChI=1S/C26H33N3O6/c1-7-28(8-2)13-14-29-22(17-9-11-18(34-5)12-10-17)20(24(31)25(29)32)23(30)19-15(3)21(26(33)35-6)27-16(19)4/h9-12,22,27,30H,7-8,13-14H2,1-6H3. The molecule has 1 aliphatic heterocycles. The molecule has 1 aromatic heterocycles. The molecule has 9 heteroatoms. The summed E-state index contributed by atoms with van der Waals surface area (Å²) in [6, 6.07) is 6.28. The first-order chi connectivity index (χ1) is 16.7. The second-order valence-electron chi connectivity index (χ2n) is 8.41. The molecule has 0 saturated carbocycles. The smallest absolute Gasteiger partial charge is 0.354 e. The molecule has 1 saturated heterocycles. The monoisotopic (exact) mass is 483 g/mol. The number of benzene rings is 1. The highest BCUT2D eigenvalue weighted by Crippen LogP contribution is 2.41. The van der Waals surface area contributed by atoms with Gasteiger partial charge in [-0.1, -0.05) is 26.0 Å². The molecule has 1 amide bonds. The van der Waals surface area contributed by atoms with E-state index in [9.17, 15) is 19.5 Å². The van der Waals surface area contributed by atoms with Crippen molar-refractivity contribution in [2.24, 2.45) is 0 Å². The fourth-order valence-corrected chi connectivity index (χ4v) is 4.58. The normalized spacial score (nSPS) is 17.3. The van der Waals surface area contributed by atoms with Crippen LogP contribution in [-0.2, 0) is 14.3 Å². The number of aromatic nitrogens is 1. The number of aryl methyl sites for hydroxylation is 1. The number of nitrogens with zero attached hydrogens (tertiary/aromatic N) is 2. The minimum atomic E-state index is -0.785. The molecule has 1 aromatic carbocycles. The predicted octanol–water partition coefficient (Wildman–Crippen LogP) is 3.19. The van der Waals surface area contributed by atoms with Crippen LogP contribution in [0, 0.1) is 13.8 Å². The summed E-state index contributed by atoms with van der Waals surface area (Å²) < 4.78 is 10.1. The minimum Gasteiger partial charge on any atom is -0.507 e. The molecule has 188 valence electrons. The van der Waals surface area contributed by atoms with Gasteiger partial charge in [-0.05, 0) is 50.2 Å². The number of H-pyrrole nitrogens is 1. The van der Waals surface area contributed by atoms with Crippen molar-refractivity contribution < 1.29 is 29.0 Å². The number of ketones is 1. The maximum atomic E-state index is 13.3. The Labute approximate surface area is 205 Å². The summed E-state index contributed by atoms with van der Waals surface area (Å²) in [5.41, 5.74) is 2.08. The number of hydrogen-bond donors (Lipinski definition) is 2. The number of Topliss-reactive ketones (excluding diaryl/α,β-unsaturated/α-hetero) is 1. The molecule has 2 heterocycles. The summed E-state index contributed by atoms with van der Waals surface area (Å²) in [5, 5.41) is 11.4. The van der Waals surface area contributed by atoms with Gasteiger partial charge in [0.1, 0.15) is 17.2 Å². The fraction of sp³-hybridized carbons (Fsp3) is 0.423. The highest BCUT2D eigenvalue weighted by molar-refractivity contribution is 6.46. The molecule has 2 N–H and O–H groups in total.